The second-order valence-corrected chi connectivity index (χ2v) is 10.1. The van der Waals surface area contributed by atoms with Gasteiger partial charge in [-0.05, 0) is 32.6 Å². The number of carboxylic acids is 1. The van der Waals surface area contributed by atoms with E-state index in [0.717, 1.165) is 12.8 Å². The highest BCUT2D eigenvalue weighted by molar-refractivity contribution is 5.92. The number of hydrogen-bond acceptors (Lipinski definition) is 10. The molecule has 7 amide bonds. The fourth-order valence-corrected chi connectivity index (χ4v) is 3.65. The highest BCUT2D eigenvalue weighted by atomic mass is 16.4. The van der Waals surface area contributed by atoms with Crippen LogP contribution < -0.4 is 37.2 Å². The summed E-state index contributed by atoms with van der Waals surface area (Å²) in [6.45, 7) is 2.32. The predicted octanol–water partition coefficient (Wildman–Crippen LogP) is -3.87. The number of carbonyl (C=O) groups is 8. The first-order valence-corrected chi connectivity index (χ1v) is 14.7. The summed E-state index contributed by atoms with van der Waals surface area (Å²) in [6, 6.07) is -4.66. The molecule has 0 bridgehead atoms. The van der Waals surface area contributed by atoms with Gasteiger partial charge >= 0.3 is 5.97 Å². The number of amides is 7. The summed E-state index contributed by atoms with van der Waals surface area (Å²) in [5, 5.41) is 44.6. The highest BCUT2D eigenvalue weighted by Gasteiger charge is 2.25. The van der Waals surface area contributed by atoms with Gasteiger partial charge in [-0.15, -0.1) is 0 Å². The summed E-state index contributed by atoms with van der Waals surface area (Å²) in [4.78, 5) is 94.2. The molecule has 0 aromatic rings. The van der Waals surface area contributed by atoms with E-state index in [1.807, 2.05) is 12.2 Å². The fraction of sp³-hybridized carbons (Fsp3) is 0.704. The van der Waals surface area contributed by atoms with Gasteiger partial charge in [0, 0.05) is 38.4 Å². The quantitative estimate of drug-likeness (QED) is 0.0339. The zero-order valence-electron chi connectivity index (χ0n) is 25.7. The Morgan fingerprint density at radius 3 is 1.80 bits per heavy atom. The van der Waals surface area contributed by atoms with Crippen molar-refractivity contribution in [3.63, 3.8) is 0 Å². The van der Waals surface area contributed by atoms with Crippen LogP contribution in [0.4, 0.5) is 0 Å². The van der Waals surface area contributed by atoms with Gasteiger partial charge in [0.1, 0.15) is 18.1 Å². The Morgan fingerprint density at radius 2 is 1.22 bits per heavy atom. The summed E-state index contributed by atoms with van der Waals surface area (Å²) in [5.74, 6) is -5.04. The third-order valence-electron chi connectivity index (χ3n) is 6.27. The molecule has 45 heavy (non-hydrogen) atoms. The molecule has 0 aliphatic carbocycles. The smallest absolute Gasteiger partial charge is 0.326 e. The SMILES string of the molecule is CCCCNC(=O)CCCNC(=O)CC[C@@H](C)NC(=O)[C@H](CO)NC(=O)CNC(=O)[C@H](CO)NC(=O)CC[C@H](NC=O)C(=O)O. The Balaban J connectivity index is 4.47. The van der Waals surface area contributed by atoms with Crippen molar-refractivity contribution in [2.75, 3.05) is 32.8 Å². The number of carboxylic acid groups (broad SMARTS) is 1. The fourth-order valence-electron chi connectivity index (χ4n) is 3.65. The summed E-state index contributed by atoms with van der Waals surface area (Å²) >= 11 is 0. The molecule has 0 saturated heterocycles. The summed E-state index contributed by atoms with van der Waals surface area (Å²) in [5.41, 5.74) is 0. The third kappa shape index (κ3) is 19.6. The van der Waals surface area contributed by atoms with Crippen LogP contribution in [0.15, 0.2) is 0 Å². The largest absolute Gasteiger partial charge is 0.480 e. The molecule has 18 nitrogen and oxygen atoms in total. The number of rotatable bonds is 25. The van der Waals surface area contributed by atoms with E-state index in [-0.39, 0.29) is 37.5 Å². The van der Waals surface area contributed by atoms with Crippen LogP contribution in [0.2, 0.25) is 0 Å². The molecular formula is C27H47N7O11. The van der Waals surface area contributed by atoms with Gasteiger partial charge in [0.2, 0.25) is 41.9 Å². The highest BCUT2D eigenvalue weighted by Crippen LogP contribution is 2.00. The lowest BCUT2D eigenvalue weighted by molar-refractivity contribution is -0.141. The number of aliphatic hydroxyl groups excluding tert-OH is 2. The van der Waals surface area contributed by atoms with Gasteiger partial charge in [0.25, 0.3) is 0 Å². The van der Waals surface area contributed by atoms with Crippen LogP contribution in [0.5, 0.6) is 0 Å². The molecule has 0 saturated carbocycles. The van der Waals surface area contributed by atoms with Gasteiger partial charge in [-0.1, -0.05) is 13.3 Å². The molecule has 0 unspecified atom stereocenters. The molecule has 0 aromatic heterocycles. The van der Waals surface area contributed by atoms with Crippen LogP contribution >= 0.6 is 0 Å². The Morgan fingerprint density at radius 1 is 0.667 bits per heavy atom. The number of hydrogen-bond donors (Lipinski definition) is 10. The van der Waals surface area contributed by atoms with Crippen molar-refractivity contribution in [1.29, 1.82) is 0 Å². The van der Waals surface area contributed by atoms with Gasteiger partial charge in [-0.2, -0.15) is 0 Å². The first-order valence-electron chi connectivity index (χ1n) is 14.7. The van der Waals surface area contributed by atoms with Crippen molar-refractivity contribution in [2.45, 2.75) is 89.4 Å². The van der Waals surface area contributed by atoms with Crippen molar-refractivity contribution in [3.8, 4) is 0 Å². The van der Waals surface area contributed by atoms with E-state index < -0.39 is 79.9 Å². The monoisotopic (exact) mass is 645 g/mol. The van der Waals surface area contributed by atoms with Crippen molar-refractivity contribution in [3.05, 3.63) is 0 Å². The summed E-state index contributed by atoms with van der Waals surface area (Å²) in [7, 11) is 0. The molecular weight excluding hydrogens is 598 g/mol. The lowest BCUT2D eigenvalue weighted by atomic mass is 10.1. The van der Waals surface area contributed by atoms with E-state index in [0.29, 0.717) is 25.9 Å². The summed E-state index contributed by atoms with van der Waals surface area (Å²) < 4.78 is 0. The number of nitrogens with one attached hydrogen (secondary N) is 7. The Bertz CT molecular complexity index is 996. The van der Waals surface area contributed by atoms with Gasteiger partial charge in [-0.25, -0.2) is 4.79 Å². The molecule has 0 spiro atoms. The number of unbranched alkanes of at least 4 members (excludes halogenated alkanes) is 1. The topological polar surface area (TPSA) is 281 Å². The van der Waals surface area contributed by atoms with E-state index >= 15 is 0 Å². The molecule has 0 heterocycles. The van der Waals surface area contributed by atoms with Crippen molar-refractivity contribution in [2.24, 2.45) is 0 Å². The van der Waals surface area contributed by atoms with E-state index in [9.17, 15) is 48.6 Å². The first kappa shape index (κ1) is 40.7. The van der Waals surface area contributed by atoms with Crippen molar-refractivity contribution < 1.29 is 53.7 Å². The lowest BCUT2D eigenvalue weighted by Crippen LogP contribution is -2.54. The van der Waals surface area contributed by atoms with Crippen LogP contribution in [-0.2, 0) is 38.4 Å². The van der Waals surface area contributed by atoms with Gasteiger partial charge < -0.3 is 52.5 Å². The van der Waals surface area contributed by atoms with Gasteiger partial charge in [-0.3, -0.25) is 33.6 Å². The molecule has 10 N–H and O–H groups in total. The minimum Gasteiger partial charge on any atom is -0.480 e. The molecule has 0 aliphatic rings. The third-order valence-corrected chi connectivity index (χ3v) is 6.27. The maximum Gasteiger partial charge on any atom is 0.326 e. The van der Waals surface area contributed by atoms with Crippen molar-refractivity contribution in [1.82, 2.24) is 37.2 Å². The molecule has 0 aliphatic heterocycles. The van der Waals surface area contributed by atoms with Crippen LogP contribution in [0.25, 0.3) is 0 Å². The molecule has 0 rings (SSSR count). The second kappa shape index (κ2) is 24.1. The Hall–Kier alpha value is -4.32. The molecule has 256 valence electrons. The van der Waals surface area contributed by atoms with Gasteiger partial charge in [0.15, 0.2) is 0 Å². The van der Waals surface area contributed by atoms with Gasteiger partial charge in [0.05, 0.1) is 19.8 Å². The minimum atomic E-state index is -1.47. The van der Waals surface area contributed by atoms with Crippen molar-refractivity contribution >= 4 is 47.8 Å². The maximum absolute atomic E-state index is 12.5. The zero-order valence-corrected chi connectivity index (χ0v) is 25.7. The molecule has 0 aromatic carbocycles. The van der Waals surface area contributed by atoms with Crippen LogP contribution in [-0.4, -0.2) is 120 Å². The van der Waals surface area contributed by atoms with Crippen LogP contribution in [0.3, 0.4) is 0 Å². The normalized spacial score (nSPS) is 13.2. The Kier molecular flexibility index (Phi) is 21.7. The lowest BCUT2D eigenvalue weighted by Gasteiger charge is -2.20. The van der Waals surface area contributed by atoms with E-state index in [1.54, 1.807) is 6.92 Å². The summed E-state index contributed by atoms with van der Waals surface area (Å²) in [6.07, 6.45) is 2.51. The average molecular weight is 646 g/mol. The number of aliphatic hydroxyl groups is 2. The number of aliphatic carboxylic acids is 1. The van der Waals surface area contributed by atoms with Crippen LogP contribution in [0.1, 0.15) is 65.2 Å². The second-order valence-electron chi connectivity index (χ2n) is 10.1. The van der Waals surface area contributed by atoms with E-state index in [1.165, 1.54) is 0 Å². The molecule has 4 atom stereocenters. The molecule has 0 fully saturated rings. The van der Waals surface area contributed by atoms with E-state index in [4.69, 9.17) is 5.11 Å². The predicted molar refractivity (Wildman–Crippen MR) is 158 cm³/mol. The van der Waals surface area contributed by atoms with E-state index in [2.05, 4.69) is 31.9 Å². The van der Waals surface area contributed by atoms with Crippen LogP contribution in [0, 0.1) is 0 Å². The maximum atomic E-state index is 12.5. The molecule has 18 heteroatoms. The average Bonchev–Trinajstić information content (AvgIpc) is 3.00. The number of carbonyl (C=O) groups excluding carboxylic acids is 7. The Labute approximate surface area is 261 Å². The first-order chi connectivity index (χ1) is 21.4. The molecule has 0 radical (unpaired) electrons. The minimum absolute atomic E-state index is 0.0730. The zero-order chi connectivity index (χ0) is 34.2. The standard InChI is InChI=1S/C27H47N7O11/c1-3-4-11-28-21(38)6-5-12-29-22(39)9-7-17(2)32-26(43)20(15-36)34-24(41)13-30-25(42)19(14-35)33-23(40)10-8-18(27(44)45)31-16-37/h16-20,35-36H,3-15H2,1-2H3,(H,28,38)(H,29,39)(H,30,42)(H,31,37)(H,32,43)(H,33,40)(H,34,41)(H,44,45)/t17-,18+,19+,20+/m1/s1.